The van der Waals surface area contributed by atoms with Gasteiger partial charge in [-0.3, -0.25) is 19.2 Å². The number of hydrogen-bond donors (Lipinski definition) is 2. The molecule has 50 heavy (non-hydrogen) atoms. The van der Waals surface area contributed by atoms with Crippen LogP contribution in [0.5, 0.6) is 23.0 Å². The monoisotopic (exact) mass is 670 g/mol. The van der Waals surface area contributed by atoms with E-state index in [9.17, 15) is 29.4 Å². The first-order valence-corrected chi connectivity index (χ1v) is 15.7. The third-order valence-corrected chi connectivity index (χ3v) is 8.43. The number of amides is 2. The van der Waals surface area contributed by atoms with Crippen LogP contribution in [0.15, 0.2) is 109 Å². The number of terminal acetylenes is 2. The van der Waals surface area contributed by atoms with E-state index in [0.717, 1.165) is 0 Å². The van der Waals surface area contributed by atoms with Gasteiger partial charge in [0.15, 0.2) is 0 Å². The number of ether oxygens (including phenoxy) is 2. The Labute approximate surface area is 289 Å². The molecule has 4 atom stereocenters. The van der Waals surface area contributed by atoms with Crippen LogP contribution in [0.2, 0.25) is 0 Å². The predicted molar refractivity (Wildman–Crippen MR) is 184 cm³/mol. The highest BCUT2D eigenvalue weighted by atomic mass is 16.5. The summed E-state index contributed by atoms with van der Waals surface area (Å²) in [6, 6.07) is 32.2. The molecule has 5 rings (SSSR count). The Bertz CT molecular complexity index is 1760. The van der Waals surface area contributed by atoms with Crippen molar-refractivity contribution >= 4 is 23.8 Å². The highest BCUT2D eigenvalue weighted by Gasteiger charge is 2.64. The van der Waals surface area contributed by atoms with Crippen molar-refractivity contribution in [3.05, 3.63) is 120 Å². The molecule has 4 aromatic rings. The van der Waals surface area contributed by atoms with Crippen LogP contribution < -0.4 is 9.47 Å². The summed E-state index contributed by atoms with van der Waals surface area (Å²) >= 11 is 0. The maximum Gasteiger partial charge on any atom is 0.308 e. The van der Waals surface area contributed by atoms with Crippen molar-refractivity contribution in [2.45, 2.75) is 13.1 Å². The highest BCUT2D eigenvalue weighted by Crippen LogP contribution is 2.49. The topological polar surface area (TPSA) is 134 Å². The summed E-state index contributed by atoms with van der Waals surface area (Å²) in [5.41, 5.74) is 1.32. The van der Waals surface area contributed by atoms with Crippen molar-refractivity contribution in [3.8, 4) is 47.7 Å². The summed E-state index contributed by atoms with van der Waals surface area (Å²) in [6.07, 6.45) is 11.2. The molecule has 0 aliphatic heterocycles. The zero-order chi connectivity index (χ0) is 35.6. The fourth-order valence-electron chi connectivity index (χ4n) is 6.06. The molecule has 1 aliphatic rings. The first kappa shape index (κ1) is 34.8. The summed E-state index contributed by atoms with van der Waals surface area (Å²) in [7, 11) is 0. The second-order valence-electron chi connectivity index (χ2n) is 11.7. The molecule has 1 aliphatic carbocycles. The third kappa shape index (κ3) is 8.12. The molecule has 0 spiro atoms. The standard InChI is InChI=1S/C40H34N2O8/c1-3-23-41(25-27-15-19-31(20-16-27)49-29-11-7-5-8-12-29)37(43)33-34(36(40(47)48)35(33)39(45)46)38(44)42(24-4-2)26-28-17-21-32(22-18-28)50-30-13-9-6-10-14-30/h1-2,5-22,33-36H,23-26H2,(H,45,46)(H,47,48). The number of carboxylic acid groups (broad SMARTS) is 2. The quantitative estimate of drug-likeness (QED) is 0.167. The number of carbonyl (C=O) groups is 4. The number of carbonyl (C=O) groups excluding carboxylic acids is 2. The van der Waals surface area contributed by atoms with E-state index in [1.807, 2.05) is 60.7 Å². The lowest BCUT2D eigenvalue weighted by Crippen LogP contribution is -2.64. The van der Waals surface area contributed by atoms with Gasteiger partial charge in [-0.2, -0.15) is 0 Å². The summed E-state index contributed by atoms with van der Waals surface area (Å²) in [6.45, 7) is -0.425. The average molecular weight is 671 g/mol. The molecular formula is C40H34N2O8. The fourth-order valence-corrected chi connectivity index (χ4v) is 6.06. The molecule has 1 saturated carbocycles. The van der Waals surface area contributed by atoms with Crippen LogP contribution in [0.3, 0.4) is 0 Å². The molecule has 10 heteroatoms. The molecule has 2 amide bonds. The Morgan fingerprint density at radius 1 is 0.520 bits per heavy atom. The molecule has 0 aromatic heterocycles. The van der Waals surface area contributed by atoms with Crippen LogP contribution in [0.4, 0.5) is 0 Å². The number of benzene rings is 4. The van der Waals surface area contributed by atoms with Crippen LogP contribution in [-0.2, 0) is 32.3 Å². The Morgan fingerprint density at radius 3 is 1.14 bits per heavy atom. The van der Waals surface area contributed by atoms with Crippen LogP contribution in [-0.4, -0.2) is 56.9 Å². The lowest BCUT2D eigenvalue weighted by Gasteiger charge is -2.48. The van der Waals surface area contributed by atoms with Crippen molar-refractivity contribution in [3.63, 3.8) is 0 Å². The third-order valence-electron chi connectivity index (χ3n) is 8.43. The first-order valence-electron chi connectivity index (χ1n) is 15.7. The van der Waals surface area contributed by atoms with Gasteiger partial charge in [0.1, 0.15) is 23.0 Å². The SMILES string of the molecule is C#CCN(Cc1ccc(Oc2ccccc2)cc1)C(=O)C1C(C(=O)O)C(C(=O)O)C1C(=O)N(CC#C)Cc1ccc(Oc2ccccc2)cc1. The molecular weight excluding hydrogens is 636 g/mol. The van der Waals surface area contributed by atoms with Gasteiger partial charge in [0.05, 0.1) is 36.8 Å². The van der Waals surface area contributed by atoms with E-state index in [2.05, 4.69) is 11.8 Å². The molecule has 0 bridgehead atoms. The van der Waals surface area contributed by atoms with E-state index in [4.69, 9.17) is 22.3 Å². The van der Waals surface area contributed by atoms with Crippen molar-refractivity contribution in [2.75, 3.05) is 13.1 Å². The van der Waals surface area contributed by atoms with Crippen LogP contribution >= 0.6 is 0 Å². The molecule has 0 heterocycles. The largest absolute Gasteiger partial charge is 0.481 e. The van der Waals surface area contributed by atoms with Crippen LogP contribution in [0, 0.1) is 48.4 Å². The number of carboxylic acids is 2. The first-order chi connectivity index (χ1) is 24.2. The highest BCUT2D eigenvalue weighted by molar-refractivity contribution is 5.99. The second-order valence-corrected chi connectivity index (χ2v) is 11.7. The van der Waals surface area contributed by atoms with E-state index in [0.29, 0.717) is 34.1 Å². The van der Waals surface area contributed by atoms with E-state index in [1.54, 1.807) is 48.5 Å². The Morgan fingerprint density at radius 2 is 0.840 bits per heavy atom. The number of nitrogens with zero attached hydrogens (tertiary/aromatic N) is 2. The number of rotatable bonds is 14. The molecule has 0 radical (unpaired) electrons. The van der Waals surface area contributed by atoms with Gasteiger partial charge in [-0.25, -0.2) is 0 Å². The summed E-state index contributed by atoms with van der Waals surface area (Å²) in [5.74, 6) is -3.52. The van der Waals surface area contributed by atoms with Gasteiger partial charge in [0.25, 0.3) is 0 Å². The molecule has 0 saturated heterocycles. The Kier molecular flexibility index (Phi) is 11.2. The molecule has 10 nitrogen and oxygen atoms in total. The maximum atomic E-state index is 14.1. The fraction of sp³-hybridized carbons (Fsp3) is 0.200. The minimum absolute atomic E-state index is 0.0123. The molecule has 2 N–H and O–H groups in total. The molecule has 1 fully saturated rings. The maximum absolute atomic E-state index is 14.1. The number of aliphatic carboxylic acids is 2. The summed E-state index contributed by atoms with van der Waals surface area (Å²) in [5, 5.41) is 20.2. The van der Waals surface area contributed by atoms with Crippen molar-refractivity contribution in [1.29, 1.82) is 0 Å². The Balaban J connectivity index is 1.35. The van der Waals surface area contributed by atoms with Gasteiger partial charge in [0, 0.05) is 13.1 Å². The van der Waals surface area contributed by atoms with E-state index in [-0.39, 0.29) is 26.2 Å². The summed E-state index contributed by atoms with van der Waals surface area (Å²) in [4.78, 5) is 55.5. The van der Waals surface area contributed by atoms with Gasteiger partial charge in [-0.15, -0.1) is 12.8 Å². The normalized spacial score (nSPS) is 17.6. The smallest absolute Gasteiger partial charge is 0.308 e. The van der Waals surface area contributed by atoms with Gasteiger partial charge < -0.3 is 29.5 Å². The molecule has 4 aromatic carbocycles. The lowest BCUT2D eigenvalue weighted by atomic mass is 9.55. The predicted octanol–water partition coefficient (Wildman–Crippen LogP) is 5.54. The van der Waals surface area contributed by atoms with E-state index in [1.165, 1.54) is 9.80 Å². The summed E-state index contributed by atoms with van der Waals surface area (Å²) < 4.78 is 11.7. The number of para-hydroxylation sites is 2. The number of hydrogen-bond acceptors (Lipinski definition) is 6. The Hall–Kier alpha value is -6.52. The van der Waals surface area contributed by atoms with Crippen molar-refractivity contribution < 1.29 is 38.9 Å². The van der Waals surface area contributed by atoms with Crippen molar-refractivity contribution in [1.82, 2.24) is 9.80 Å². The van der Waals surface area contributed by atoms with E-state index < -0.39 is 47.4 Å². The van der Waals surface area contributed by atoms with Crippen LogP contribution in [0.1, 0.15) is 11.1 Å². The average Bonchev–Trinajstić information content (AvgIpc) is 3.09. The lowest BCUT2D eigenvalue weighted by molar-refractivity contribution is -0.187. The zero-order valence-corrected chi connectivity index (χ0v) is 26.9. The van der Waals surface area contributed by atoms with Gasteiger partial charge in [-0.1, -0.05) is 72.5 Å². The minimum atomic E-state index is -1.65. The zero-order valence-electron chi connectivity index (χ0n) is 26.9. The van der Waals surface area contributed by atoms with Gasteiger partial charge in [0.2, 0.25) is 11.8 Å². The minimum Gasteiger partial charge on any atom is -0.481 e. The second kappa shape index (κ2) is 16.1. The van der Waals surface area contributed by atoms with Gasteiger partial charge >= 0.3 is 11.9 Å². The molecule has 4 unspecified atom stereocenters. The molecule has 252 valence electrons. The van der Waals surface area contributed by atoms with E-state index >= 15 is 0 Å². The van der Waals surface area contributed by atoms with Crippen LogP contribution in [0.25, 0.3) is 0 Å². The van der Waals surface area contributed by atoms with Crippen molar-refractivity contribution in [2.24, 2.45) is 23.7 Å². The van der Waals surface area contributed by atoms with Gasteiger partial charge in [-0.05, 0) is 59.7 Å².